The molecule has 7 nitrogen and oxygen atoms in total. The van der Waals surface area contributed by atoms with E-state index < -0.39 is 5.41 Å². The Balaban J connectivity index is 0.00000308. The molecule has 0 spiro atoms. The van der Waals surface area contributed by atoms with Gasteiger partial charge in [-0.3, -0.25) is 10.7 Å². The molecule has 0 saturated heterocycles. The van der Waals surface area contributed by atoms with Gasteiger partial charge in [-0.25, -0.2) is 0 Å². The van der Waals surface area contributed by atoms with Crippen molar-refractivity contribution < 1.29 is 28.4 Å². The van der Waals surface area contributed by atoms with Crippen molar-refractivity contribution in [3.63, 3.8) is 0 Å². The van der Waals surface area contributed by atoms with Crippen molar-refractivity contribution in [1.29, 1.82) is 5.26 Å². The summed E-state index contributed by atoms with van der Waals surface area (Å²) in [6, 6.07) is 2.22. The van der Waals surface area contributed by atoms with Gasteiger partial charge in [-0.15, -0.1) is 10.2 Å². The van der Waals surface area contributed by atoms with Crippen LogP contribution < -0.4 is 18.9 Å². The zero-order valence-corrected chi connectivity index (χ0v) is 25.1. The van der Waals surface area contributed by atoms with Crippen molar-refractivity contribution in [2.24, 2.45) is 44.8 Å². The maximum Gasteiger partial charge on any atom is 1.00 e. The molecule has 6 rings (SSSR count). The van der Waals surface area contributed by atoms with Crippen LogP contribution in [0.1, 0.15) is 106 Å². The molecule has 8 heteroatoms. The fourth-order valence-corrected chi connectivity index (χ4v) is 10.7. The number of nitrogens with one attached hydrogen (secondary N) is 1. The first-order valence-electron chi connectivity index (χ1n) is 14.5. The number of hydrogen-bond acceptors (Lipinski definition) is 6. The summed E-state index contributed by atoms with van der Waals surface area (Å²) in [4.78, 5) is 27.8. The average Bonchev–Trinajstić information content (AvgIpc) is 3.38. The van der Waals surface area contributed by atoms with E-state index in [2.05, 4.69) is 61.3 Å². The summed E-state index contributed by atoms with van der Waals surface area (Å²) in [6.45, 7) is 15.7. The second-order valence-corrected chi connectivity index (χ2v) is 15.4. The standard InChI is InChI=1S/C31H42N5O2.Li/c1-26(2)10-12-31(25-33-35-36-34-25)13-11-30(7)23(19(31)16-26)20(37)14-22-28(5)15-18(17-32)24(38)27(3,4)21(28)8-9-29(22,30)6;/h15,21-23H,8-14,16H2,1-7H3,(H,33,34,35,36);/q-1;+1/t21?,22?,23-,28-,29+,30+,31-;/m0./s1. The molecule has 1 aromatic heterocycles. The van der Waals surface area contributed by atoms with Gasteiger partial charge in [0.1, 0.15) is 11.9 Å². The van der Waals surface area contributed by atoms with Crippen molar-refractivity contribution in [2.45, 2.75) is 105 Å². The SMILES string of the molecule is CC1(C)CC[C@]2(c3nn[nH]n3)CC[C@]3(C)[C@H](C(=O)CC4[C@@]5(C)C=C(C#N)C(=O)C(C)(C)C5CC[C@]43C)[C-]2C1.[Li+]. The van der Waals surface area contributed by atoms with Crippen LogP contribution in [0, 0.1) is 62.1 Å². The number of ketones is 2. The first-order chi connectivity index (χ1) is 17.7. The number of allylic oxidation sites excluding steroid dienone is 2. The first kappa shape index (κ1) is 28.8. The molecule has 1 aromatic rings. The van der Waals surface area contributed by atoms with Crippen LogP contribution >= 0.6 is 0 Å². The molecule has 0 bridgehead atoms. The van der Waals surface area contributed by atoms with Crippen LogP contribution in [-0.4, -0.2) is 32.2 Å². The molecule has 2 unspecified atom stereocenters. The van der Waals surface area contributed by atoms with Crippen LogP contribution in [0.2, 0.25) is 0 Å². The average molecular weight is 524 g/mol. The number of hydrogen-bond donors (Lipinski definition) is 1. The summed E-state index contributed by atoms with van der Waals surface area (Å²) in [5.74, 6) is 2.47. The molecule has 7 atom stereocenters. The Morgan fingerprint density at radius 1 is 0.974 bits per heavy atom. The molecule has 204 valence electrons. The normalized spacial score (nSPS) is 44.5. The number of Topliss-reactive ketones (excluding diaryl/α,β-unsaturated/α-hetero) is 2. The molecule has 4 fully saturated rings. The molecular weight excluding hydrogens is 481 g/mol. The summed E-state index contributed by atoms with van der Waals surface area (Å²) in [7, 11) is 0. The van der Waals surface area contributed by atoms with E-state index in [1.54, 1.807) is 0 Å². The van der Waals surface area contributed by atoms with E-state index in [1.165, 1.54) is 5.92 Å². The van der Waals surface area contributed by atoms with Gasteiger partial charge in [0.2, 0.25) is 0 Å². The minimum atomic E-state index is -0.612. The van der Waals surface area contributed by atoms with Gasteiger partial charge >= 0.3 is 18.9 Å². The van der Waals surface area contributed by atoms with Crippen molar-refractivity contribution in [3.8, 4) is 6.07 Å². The summed E-state index contributed by atoms with van der Waals surface area (Å²) >= 11 is 0. The Bertz CT molecular complexity index is 1280. The Kier molecular flexibility index (Phi) is 6.36. The second kappa shape index (κ2) is 8.62. The van der Waals surface area contributed by atoms with Gasteiger partial charge < -0.3 is 4.79 Å². The predicted octanol–water partition coefficient (Wildman–Crippen LogP) is 2.71. The Morgan fingerprint density at radius 2 is 1.67 bits per heavy atom. The van der Waals surface area contributed by atoms with Crippen LogP contribution in [0.15, 0.2) is 11.6 Å². The molecule has 5 aliphatic carbocycles. The summed E-state index contributed by atoms with van der Waals surface area (Å²) in [5, 5.41) is 25.5. The number of fused-ring (bicyclic) bond motifs is 7. The van der Waals surface area contributed by atoms with E-state index in [-0.39, 0.29) is 75.0 Å². The number of aromatic amines is 1. The van der Waals surface area contributed by atoms with E-state index >= 15 is 0 Å². The van der Waals surface area contributed by atoms with Crippen LogP contribution in [0.4, 0.5) is 0 Å². The predicted molar refractivity (Wildman–Crippen MR) is 142 cm³/mol. The quantitative estimate of drug-likeness (QED) is 0.448. The van der Waals surface area contributed by atoms with Gasteiger partial charge in [0, 0.05) is 11.8 Å². The van der Waals surface area contributed by atoms with Crippen LogP contribution in [0.3, 0.4) is 0 Å². The molecule has 39 heavy (non-hydrogen) atoms. The number of rotatable bonds is 1. The Labute approximate surface area is 244 Å². The summed E-state index contributed by atoms with van der Waals surface area (Å²) < 4.78 is 0. The van der Waals surface area contributed by atoms with Gasteiger partial charge in [-0.2, -0.15) is 16.9 Å². The molecule has 1 heterocycles. The Hall–Kier alpha value is -1.76. The van der Waals surface area contributed by atoms with Crippen molar-refractivity contribution in [2.75, 3.05) is 0 Å². The van der Waals surface area contributed by atoms with Crippen molar-refractivity contribution >= 4 is 11.6 Å². The largest absolute Gasteiger partial charge is 1.00 e. The van der Waals surface area contributed by atoms with E-state index in [9.17, 15) is 14.9 Å². The van der Waals surface area contributed by atoms with E-state index in [1.807, 2.05) is 19.9 Å². The number of nitriles is 1. The molecule has 0 aliphatic heterocycles. The summed E-state index contributed by atoms with van der Waals surface area (Å²) in [6.07, 6.45) is 9.22. The van der Waals surface area contributed by atoms with E-state index in [0.717, 1.165) is 50.8 Å². The maximum absolute atomic E-state index is 14.6. The van der Waals surface area contributed by atoms with Gasteiger partial charge in [0.25, 0.3) is 0 Å². The minimum absolute atomic E-state index is 0. The monoisotopic (exact) mass is 523 g/mol. The maximum atomic E-state index is 14.6. The van der Waals surface area contributed by atoms with Crippen molar-refractivity contribution in [3.05, 3.63) is 23.4 Å². The molecule has 0 aromatic carbocycles. The molecule has 0 radical (unpaired) electrons. The molecule has 0 amide bonds. The molecule has 1 N–H and O–H groups in total. The topological polar surface area (TPSA) is 112 Å². The third-order valence-corrected chi connectivity index (χ3v) is 12.9. The van der Waals surface area contributed by atoms with E-state index in [0.29, 0.717) is 12.2 Å². The number of carbonyl (C=O) groups is 2. The first-order valence-corrected chi connectivity index (χ1v) is 14.5. The Morgan fingerprint density at radius 3 is 2.31 bits per heavy atom. The summed E-state index contributed by atoms with van der Waals surface area (Å²) in [5.41, 5.74) is -1.18. The number of tetrazole rings is 1. The number of H-pyrrole nitrogens is 1. The smallest absolute Gasteiger partial charge is 0.302 e. The van der Waals surface area contributed by atoms with Crippen molar-refractivity contribution in [1.82, 2.24) is 20.6 Å². The third kappa shape index (κ3) is 3.50. The minimum Gasteiger partial charge on any atom is -0.302 e. The van der Waals surface area contributed by atoms with Crippen LogP contribution in [-0.2, 0) is 15.0 Å². The van der Waals surface area contributed by atoms with Gasteiger partial charge in [-0.05, 0) is 40.9 Å². The zero-order chi connectivity index (χ0) is 27.5. The number of aromatic nitrogens is 4. The third-order valence-electron chi connectivity index (χ3n) is 12.9. The fraction of sp³-hybridized carbons (Fsp3) is 0.774. The molecule has 4 saturated carbocycles. The van der Waals surface area contributed by atoms with E-state index in [4.69, 9.17) is 0 Å². The van der Waals surface area contributed by atoms with Gasteiger partial charge in [0.15, 0.2) is 11.6 Å². The molecular formula is C31H42LiN5O2. The number of carbonyl (C=O) groups excluding carboxylic acids is 2. The van der Waals surface area contributed by atoms with Gasteiger partial charge in [-0.1, -0.05) is 102 Å². The zero-order valence-electron chi connectivity index (χ0n) is 25.1. The number of nitrogens with zero attached hydrogens (tertiary/aromatic N) is 4. The van der Waals surface area contributed by atoms with Gasteiger partial charge in [0.05, 0.1) is 5.57 Å². The fourth-order valence-electron chi connectivity index (χ4n) is 10.7. The van der Waals surface area contributed by atoms with Crippen LogP contribution in [0.5, 0.6) is 0 Å². The second-order valence-electron chi connectivity index (χ2n) is 15.4. The van der Waals surface area contributed by atoms with Crippen LogP contribution in [0.25, 0.3) is 0 Å². The molecule has 5 aliphatic rings.